The lowest BCUT2D eigenvalue weighted by atomic mass is 9.49. The maximum Gasteiger partial charge on any atom is 0.417 e. The number of carbonyl (C=O) groups is 4. The van der Waals surface area contributed by atoms with E-state index in [2.05, 4.69) is 27.4 Å². The molecule has 5 aliphatic rings. The molecule has 2 N–H and O–H groups in total. The van der Waals surface area contributed by atoms with Crippen molar-refractivity contribution < 1.29 is 42.2 Å². The molecule has 4 heterocycles. The molecule has 0 bridgehead atoms. The minimum Gasteiger partial charge on any atom is -0.508 e. The summed E-state index contributed by atoms with van der Waals surface area (Å²) in [6.07, 6.45) is -0.975. The fourth-order valence-electron chi connectivity index (χ4n) is 10.6. The number of hydrogen-bond donors (Lipinski definition) is 2. The number of alkyl halides is 3. The standard InChI is InChI=1S/C45H40Cl2F3N5O6/c1-61-29-11-12-31(36(56)20-29)38-30-13-14-32-37(42(59)54(40(32)57)28-15-17-53(18-16-28)23-24-5-3-2-4-6-24)33(30)21-34-41(58)55(43(60)44(34,38)25-7-9-27(46)10-8-25)52-39-35(47)19-26(22-51-39)45(48,49)50/h2-13,19-20,22,28,32-34,37-38,56H,14-18,21,23H2,1H3,(H,51,52). The van der Waals surface area contributed by atoms with E-state index in [0.717, 1.165) is 11.6 Å². The van der Waals surface area contributed by atoms with Gasteiger partial charge in [0.15, 0.2) is 5.82 Å². The van der Waals surface area contributed by atoms with E-state index in [-0.39, 0.29) is 47.8 Å². The lowest BCUT2D eigenvalue weighted by Crippen LogP contribution is -2.53. The zero-order valence-corrected chi connectivity index (χ0v) is 34.3. The van der Waals surface area contributed by atoms with Crippen molar-refractivity contribution in [1.29, 1.82) is 0 Å². The number of aromatic hydroxyl groups is 1. The Bertz CT molecular complexity index is 2460. The van der Waals surface area contributed by atoms with E-state index >= 15 is 4.79 Å². The first-order valence-corrected chi connectivity index (χ1v) is 20.8. The third-order valence-electron chi connectivity index (χ3n) is 13.3. The van der Waals surface area contributed by atoms with Crippen molar-refractivity contribution >= 4 is 52.6 Å². The van der Waals surface area contributed by atoms with Crippen LogP contribution in [0.2, 0.25) is 10.0 Å². The molecule has 16 heteroatoms. The summed E-state index contributed by atoms with van der Waals surface area (Å²) in [5, 5.41) is 12.4. The molecule has 316 valence electrons. The number of piperidine rings is 1. The Kier molecular flexibility index (Phi) is 10.4. The monoisotopic (exact) mass is 873 g/mol. The number of nitrogens with zero attached hydrogens (tertiary/aromatic N) is 4. The summed E-state index contributed by atoms with van der Waals surface area (Å²) >= 11 is 12.7. The lowest BCUT2D eigenvalue weighted by Gasteiger charge is -2.50. The van der Waals surface area contributed by atoms with Crippen LogP contribution in [0.15, 0.2) is 96.7 Å². The zero-order valence-electron chi connectivity index (χ0n) is 32.7. The average molecular weight is 875 g/mol. The molecule has 9 rings (SSSR count). The first kappa shape index (κ1) is 40.9. The molecule has 3 saturated heterocycles. The number of phenolic OH excluding ortho intramolecular Hbond substituents is 1. The molecule has 3 aliphatic heterocycles. The molecule has 61 heavy (non-hydrogen) atoms. The van der Waals surface area contributed by atoms with Gasteiger partial charge in [0.05, 0.1) is 40.9 Å². The van der Waals surface area contributed by atoms with Crippen LogP contribution in [0.25, 0.3) is 0 Å². The molecular formula is C45H40Cl2F3N5O6. The van der Waals surface area contributed by atoms with Crippen LogP contribution in [-0.2, 0) is 37.3 Å². The van der Waals surface area contributed by atoms with Crippen LogP contribution < -0.4 is 10.2 Å². The van der Waals surface area contributed by atoms with Gasteiger partial charge in [0, 0.05) is 54.4 Å². The van der Waals surface area contributed by atoms with Crippen LogP contribution in [0.4, 0.5) is 19.0 Å². The number of fused-ring (bicyclic) bond motifs is 4. The molecule has 1 saturated carbocycles. The number of aromatic nitrogens is 1. The predicted octanol–water partition coefficient (Wildman–Crippen LogP) is 7.77. The van der Waals surface area contributed by atoms with Crippen molar-refractivity contribution in [2.45, 2.75) is 55.8 Å². The van der Waals surface area contributed by atoms with E-state index in [1.165, 1.54) is 23.6 Å². The highest BCUT2D eigenvalue weighted by atomic mass is 35.5. The first-order chi connectivity index (χ1) is 29.2. The van der Waals surface area contributed by atoms with E-state index in [9.17, 15) is 32.7 Å². The average Bonchev–Trinajstić information content (AvgIpc) is 3.62. The Labute approximate surface area is 359 Å². The Hall–Kier alpha value is -5.44. The molecule has 0 radical (unpaired) electrons. The number of imide groups is 2. The maximum atomic E-state index is 15.4. The minimum atomic E-state index is -4.76. The van der Waals surface area contributed by atoms with Crippen LogP contribution in [0, 0.1) is 23.7 Å². The fourth-order valence-corrected chi connectivity index (χ4v) is 10.9. The second-order valence-corrected chi connectivity index (χ2v) is 17.2. The quantitative estimate of drug-likeness (QED) is 0.135. The number of pyridine rings is 1. The summed E-state index contributed by atoms with van der Waals surface area (Å²) in [5.74, 6) is -6.97. The maximum absolute atomic E-state index is 15.4. The number of methoxy groups -OCH3 is 1. The number of phenols is 1. The van der Waals surface area contributed by atoms with E-state index < -0.39 is 63.6 Å². The van der Waals surface area contributed by atoms with Gasteiger partial charge in [-0.05, 0) is 67.0 Å². The number of nitrogens with one attached hydrogen (secondary N) is 1. The van der Waals surface area contributed by atoms with Gasteiger partial charge in [0.1, 0.15) is 11.5 Å². The Morgan fingerprint density at radius 2 is 1.64 bits per heavy atom. The molecule has 4 fully saturated rings. The summed E-state index contributed by atoms with van der Waals surface area (Å²) in [5.41, 5.74) is 2.13. The number of hydrogen-bond acceptors (Lipinski definition) is 9. The number of benzene rings is 3. The van der Waals surface area contributed by atoms with Gasteiger partial charge in [0.25, 0.3) is 11.8 Å². The van der Waals surface area contributed by atoms with E-state index in [4.69, 9.17) is 27.9 Å². The van der Waals surface area contributed by atoms with Gasteiger partial charge in [-0.1, -0.05) is 83.4 Å². The van der Waals surface area contributed by atoms with Gasteiger partial charge in [0.2, 0.25) is 11.8 Å². The number of allylic oxidation sites excluding steroid dienone is 2. The highest BCUT2D eigenvalue weighted by Crippen LogP contribution is 2.65. The third kappa shape index (κ3) is 6.74. The van der Waals surface area contributed by atoms with Crippen molar-refractivity contribution in [3.8, 4) is 11.5 Å². The van der Waals surface area contributed by atoms with Crippen LogP contribution in [0.5, 0.6) is 11.5 Å². The Balaban J connectivity index is 1.12. The van der Waals surface area contributed by atoms with Crippen LogP contribution in [0.3, 0.4) is 0 Å². The van der Waals surface area contributed by atoms with Crippen molar-refractivity contribution in [2.24, 2.45) is 23.7 Å². The predicted molar refractivity (Wildman–Crippen MR) is 218 cm³/mol. The molecular weight excluding hydrogens is 834 g/mol. The summed E-state index contributed by atoms with van der Waals surface area (Å²) in [6, 6.07) is 21.5. The number of halogens is 5. The smallest absolute Gasteiger partial charge is 0.417 e. The van der Waals surface area contributed by atoms with Gasteiger partial charge in [-0.2, -0.15) is 18.2 Å². The fraction of sp³-hybridized carbons (Fsp3) is 0.356. The first-order valence-electron chi connectivity index (χ1n) is 20.1. The molecule has 3 aromatic carbocycles. The summed E-state index contributed by atoms with van der Waals surface area (Å²) in [7, 11) is 1.44. The molecule has 4 aromatic rings. The second-order valence-electron chi connectivity index (χ2n) is 16.4. The molecule has 1 aromatic heterocycles. The summed E-state index contributed by atoms with van der Waals surface area (Å²) in [6.45, 7) is 2.15. The second kappa shape index (κ2) is 15.5. The van der Waals surface area contributed by atoms with Gasteiger partial charge in [-0.3, -0.25) is 34.4 Å². The number of carbonyl (C=O) groups excluding carboxylic acids is 4. The number of hydrazine groups is 1. The van der Waals surface area contributed by atoms with Gasteiger partial charge in [-0.15, -0.1) is 0 Å². The molecule has 0 spiro atoms. The number of amides is 4. The van der Waals surface area contributed by atoms with Crippen molar-refractivity contribution in [3.63, 3.8) is 0 Å². The number of ether oxygens (including phenoxy) is 1. The van der Waals surface area contributed by atoms with Gasteiger partial charge in [-0.25, -0.2) is 4.98 Å². The molecule has 11 nitrogen and oxygen atoms in total. The number of anilines is 1. The normalized spacial score (nSPS) is 26.9. The lowest BCUT2D eigenvalue weighted by molar-refractivity contribution is -0.144. The van der Waals surface area contributed by atoms with Crippen LogP contribution in [-0.4, -0.2) is 74.8 Å². The van der Waals surface area contributed by atoms with E-state index in [1.54, 1.807) is 36.4 Å². The largest absolute Gasteiger partial charge is 0.508 e. The summed E-state index contributed by atoms with van der Waals surface area (Å²) in [4.78, 5) is 67.2. The van der Waals surface area contributed by atoms with E-state index in [1.807, 2.05) is 24.3 Å². The van der Waals surface area contributed by atoms with Crippen molar-refractivity contribution in [3.05, 3.63) is 129 Å². The highest BCUT2D eigenvalue weighted by Gasteiger charge is 2.71. The number of likely N-dealkylation sites (tertiary alicyclic amines) is 2. The molecule has 6 unspecified atom stereocenters. The van der Waals surface area contributed by atoms with Gasteiger partial charge >= 0.3 is 6.18 Å². The van der Waals surface area contributed by atoms with Crippen molar-refractivity contribution in [1.82, 2.24) is 19.8 Å². The Morgan fingerprint density at radius 1 is 0.918 bits per heavy atom. The highest BCUT2D eigenvalue weighted by molar-refractivity contribution is 6.33. The van der Waals surface area contributed by atoms with Gasteiger partial charge < -0.3 is 9.84 Å². The topological polar surface area (TPSA) is 132 Å². The zero-order chi connectivity index (χ0) is 43.0. The molecule has 4 amide bonds. The third-order valence-corrected chi connectivity index (χ3v) is 13.9. The van der Waals surface area contributed by atoms with Crippen LogP contribution >= 0.6 is 23.2 Å². The molecule has 2 aliphatic carbocycles. The number of rotatable bonds is 8. The van der Waals surface area contributed by atoms with Crippen molar-refractivity contribution in [2.75, 3.05) is 25.6 Å². The SMILES string of the molecule is COc1ccc(C2C3=CCC4C(=O)N(C5CCN(Cc6ccccc6)CC5)C(=O)C4C3CC3C(=O)N(Nc4ncc(C(F)(F)F)cc4Cl)C(=O)C32c2ccc(Cl)cc2)c(O)c1. The van der Waals surface area contributed by atoms with E-state index in [0.29, 0.717) is 60.1 Å². The molecule has 6 atom stereocenters. The van der Waals surface area contributed by atoms with Crippen LogP contribution in [0.1, 0.15) is 53.9 Å². The Morgan fingerprint density at radius 3 is 2.30 bits per heavy atom. The summed E-state index contributed by atoms with van der Waals surface area (Å²) < 4.78 is 46.1. The minimum absolute atomic E-state index is 0.0393.